The molecule has 0 saturated carbocycles. The van der Waals surface area contributed by atoms with Crippen molar-refractivity contribution < 1.29 is 14.3 Å². The van der Waals surface area contributed by atoms with Crippen molar-refractivity contribution in [3.63, 3.8) is 0 Å². The molecule has 7 nitrogen and oxygen atoms in total. The molecule has 0 radical (unpaired) electrons. The monoisotopic (exact) mass is 440 g/mol. The Hall–Kier alpha value is -3.22. The van der Waals surface area contributed by atoms with E-state index in [1.165, 1.54) is 6.92 Å². The zero-order chi connectivity index (χ0) is 23.5. The van der Waals surface area contributed by atoms with E-state index < -0.39 is 0 Å². The first kappa shape index (κ1) is 25.0. The summed E-state index contributed by atoms with van der Waals surface area (Å²) in [7, 11) is 1.58. The lowest BCUT2D eigenvalue weighted by molar-refractivity contribution is -0.114. The van der Waals surface area contributed by atoms with E-state index in [-0.39, 0.29) is 11.9 Å². The standard InChI is InChI=1S/C25H36N4O3/c1-7-26-25(27-15-20-8-13-24(31-6)23(14-20)29-19(5)30)28-18(4)21-9-11-22(12-10-21)32-16-17(2)3/h8-14,17-18H,7,15-16H2,1-6H3,(H,29,30)(H2,26,27,28). The van der Waals surface area contributed by atoms with Gasteiger partial charge in [-0.25, -0.2) is 4.99 Å². The van der Waals surface area contributed by atoms with Gasteiger partial charge in [0, 0.05) is 13.5 Å². The maximum Gasteiger partial charge on any atom is 0.221 e. The first-order valence-electron chi connectivity index (χ1n) is 11.0. The number of amides is 1. The number of carbonyl (C=O) groups excluding carboxylic acids is 1. The minimum absolute atomic E-state index is 0.0674. The summed E-state index contributed by atoms with van der Waals surface area (Å²) in [5, 5.41) is 9.53. The number of benzene rings is 2. The molecular weight excluding hydrogens is 404 g/mol. The van der Waals surface area contributed by atoms with Crippen LogP contribution in [0.2, 0.25) is 0 Å². The maximum atomic E-state index is 11.5. The Bertz CT molecular complexity index is 895. The van der Waals surface area contributed by atoms with Gasteiger partial charge < -0.3 is 25.4 Å². The van der Waals surface area contributed by atoms with Gasteiger partial charge in [0.15, 0.2) is 5.96 Å². The van der Waals surface area contributed by atoms with Crippen molar-refractivity contribution in [1.29, 1.82) is 0 Å². The molecule has 1 amide bonds. The largest absolute Gasteiger partial charge is 0.495 e. The van der Waals surface area contributed by atoms with Gasteiger partial charge in [0.05, 0.1) is 32.0 Å². The van der Waals surface area contributed by atoms with E-state index in [2.05, 4.69) is 48.9 Å². The summed E-state index contributed by atoms with van der Waals surface area (Å²) < 4.78 is 11.1. The average Bonchev–Trinajstić information content (AvgIpc) is 2.76. The second-order valence-electron chi connectivity index (χ2n) is 8.05. The molecule has 1 unspecified atom stereocenters. The van der Waals surface area contributed by atoms with Gasteiger partial charge in [-0.15, -0.1) is 0 Å². The molecule has 1 atom stereocenters. The van der Waals surface area contributed by atoms with E-state index in [1.54, 1.807) is 7.11 Å². The molecule has 174 valence electrons. The van der Waals surface area contributed by atoms with Crippen LogP contribution in [0.4, 0.5) is 5.69 Å². The van der Waals surface area contributed by atoms with Gasteiger partial charge in [0.1, 0.15) is 11.5 Å². The van der Waals surface area contributed by atoms with Crippen LogP contribution in [0, 0.1) is 5.92 Å². The highest BCUT2D eigenvalue weighted by Gasteiger charge is 2.10. The molecule has 0 bridgehead atoms. The van der Waals surface area contributed by atoms with E-state index in [4.69, 9.17) is 14.5 Å². The summed E-state index contributed by atoms with van der Waals surface area (Å²) >= 11 is 0. The van der Waals surface area contributed by atoms with Gasteiger partial charge in [-0.2, -0.15) is 0 Å². The fourth-order valence-corrected chi connectivity index (χ4v) is 3.04. The minimum Gasteiger partial charge on any atom is -0.495 e. The number of nitrogens with zero attached hydrogens (tertiary/aromatic N) is 1. The SMILES string of the molecule is CCNC(=NCc1ccc(OC)c(NC(C)=O)c1)NC(C)c1ccc(OCC(C)C)cc1. The molecule has 32 heavy (non-hydrogen) atoms. The maximum absolute atomic E-state index is 11.5. The quantitative estimate of drug-likeness (QED) is 0.374. The predicted octanol–water partition coefficient (Wildman–Crippen LogP) is 4.50. The molecule has 0 heterocycles. The molecule has 2 rings (SSSR count). The number of carbonyl (C=O) groups is 1. The Morgan fingerprint density at radius 3 is 2.41 bits per heavy atom. The van der Waals surface area contributed by atoms with Crippen molar-refractivity contribution in [2.75, 3.05) is 25.6 Å². The lowest BCUT2D eigenvalue weighted by Gasteiger charge is -2.19. The van der Waals surface area contributed by atoms with Crippen LogP contribution in [0.25, 0.3) is 0 Å². The van der Waals surface area contributed by atoms with Crippen LogP contribution in [0.1, 0.15) is 51.8 Å². The van der Waals surface area contributed by atoms with Crippen molar-refractivity contribution in [3.8, 4) is 11.5 Å². The first-order valence-corrected chi connectivity index (χ1v) is 11.0. The minimum atomic E-state index is -0.145. The topological polar surface area (TPSA) is 84.0 Å². The van der Waals surface area contributed by atoms with Crippen molar-refractivity contribution >= 4 is 17.6 Å². The molecule has 7 heteroatoms. The van der Waals surface area contributed by atoms with Gasteiger partial charge in [-0.05, 0) is 55.2 Å². The van der Waals surface area contributed by atoms with E-state index >= 15 is 0 Å². The number of anilines is 1. The summed E-state index contributed by atoms with van der Waals surface area (Å²) in [4.78, 5) is 16.2. The fourth-order valence-electron chi connectivity index (χ4n) is 3.04. The molecule has 2 aromatic carbocycles. The normalized spacial score (nSPS) is 12.3. The molecular formula is C25H36N4O3. The summed E-state index contributed by atoms with van der Waals surface area (Å²) in [6.45, 7) is 11.8. The van der Waals surface area contributed by atoms with Gasteiger partial charge in [-0.3, -0.25) is 4.79 Å². The third-order valence-corrected chi connectivity index (χ3v) is 4.66. The van der Waals surface area contributed by atoms with Crippen LogP contribution in [0.15, 0.2) is 47.5 Å². The van der Waals surface area contributed by atoms with Gasteiger partial charge in [-0.1, -0.05) is 32.0 Å². The number of ether oxygens (including phenoxy) is 2. The van der Waals surface area contributed by atoms with Crippen LogP contribution in [-0.4, -0.2) is 32.1 Å². The summed E-state index contributed by atoms with van der Waals surface area (Å²) in [5.74, 6) is 2.57. The van der Waals surface area contributed by atoms with Crippen LogP contribution < -0.4 is 25.4 Å². The van der Waals surface area contributed by atoms with Crippen LogP contribution in [0.3, 0.4) is 0 Å². The first-order chi connectivity index (χ1) is 15.3. The number of nitrogens with one attached hydrogen (secondary N) is 3. The second-order valence-corrected chi connectivity index (χ2v) is 8.05. The Kier molecular flexibility index (Phi) is 9.85. The second kappa shape index (κ2) is 12.6. The van der Waals surface area contributed by atoms with E-state index in [0.29, 0.717) is 30.5 Å². The number of hydrogen-bond acceptors (Lipinski definition) is 4. The van der Waals surface area contributed by atoms with Crippen LogP contribution >= 0.6 is 0 Å². The highest BCUT2D eigenvalue weighted by molar-refractivity contribution is 5.90. The molecule has 0 fully saturated rings. The van der Waals surface area contributed by atoms with Crippen molar-refractivity contribution in [3.05, 3.63) is 53.6 Å². The van der Waals surface area contributed by atoms with E-state index in [1.807, 2.05) is 37.3 Å². The number of hydrogen-bond donors (Lipinski definition) is 3. The van der Waals surface area contributed by atoms with Gasteiger partial charge >= 0.3 is 0 Å². The summed E-state index contributed by atoms with van der Waals surface area (Å²) in [6, 6.07) is 13.9. The van der Waals surface area contributed by atoms with Crippen LogP contribution in [-0.2, 0) is 11.3 Å². The van der Waals surface area contributed by atoms with Crippen molar-refractivity contribution in [2.45, 2.75) is 47.2 Å². The Balaban J connectivity index is 2.07. The Morgan fingerprint density at radius 1 is 1.09 bits per heavy atom. The number of methoxy groups -OCH3 is 1. The molecule has 0 aromatic heterocycles. The molecule has 2 aromatic rings. The highest BCUT2D eigenvalue weighted by atomic mass is 16.5. The van der Waals surface area contributed by atoms with Crippen LogP contribution in [0.5, 0.6) is 11.5 Å². The molecule has 0 spiro atoms. The molecule has 0 aliphatic carbocycles. The predicted molar refractivity (Wildman–Crippen MR) is 130 cm³/mol. The molecule has 0 aliphatic heterocycles. The fraction of sp³-hybridized carbons (Fsp3) is 0.440. The third-order valence-electron chi connectivity index (χ3n) is 4.66. The average molecular weight is 441 g/mol. The zero-order valence-electron chi connectivity index (χ0n) is 20.0. The van der Waals surface area contributed by atoms with E-state index in [0.717, 1.165) is 29.4 Å². The molecule has 0 saturated heterocycles. The number of rotatable bonds is 10. The molecule has 3 N–H and O–H groups in total. The summed E-state index contributed by atoms with van der Waals surface area (Å²) in [5.41, 5.74) is 2.75. The van der Waals surface area contributed by atoms with Gasteiger partial charge in [0.2, 0.25) is 5.91 Å². The lowest BCUT2D eigenvalue weighted by atomic mass is 10.1. The van der Waals surface area contributed by atoms with Gasteiger partial charge in [0.25, 0.3) is 0 Å². The Labute approximate surface area is 191 Å². The number of guanidine groups is 1. The summed E-state index contributed by atoms with van der Waals surface area (Å²) in [6.07, 6.45) is 0. The third kappa shape index (κ3) is 8.13. The van der Waals surface area contributed by atoms with Crippen molar-refractivity contribution in [1.82, 2.24) is 10.6 Å². The van der Waals surface area contributed by atoms with Crippen molar-refractivity contribution in [2.24, 2.45) is 10.9 Å². The zero-order valence-corrected chi connectivity index (χ0v) is 20.0. The number of aliphatic imine (C=N–C) groups is 1. The molecule has 0 aliphatic rings. The van der Waals surface area contributed by atoms with E-state index in [9.17, 15) is 4.79 Å². The lowest BCUT2D eigenvalue weighted by Crippen LogP contribution is -2.38. The highest BCUT2D eigenvalue weighted by Crippen LogP contribution is 2.26. The smallest absolute Gasteiger partial charge is 0.221 e. The Morgan fingerprint density at radius 2 is 1.81 bits per heavy atom.